The predicted octanol–water partition coefficient (Wildman–Crippen LogP) is 2.87. The molecule has 0 spiro atoms. The van der Waals surface area contributed by atoms with Crippen LogP contribution in [0.15, 0.2) is 47.5 Å². The van der Waals surface area contributed by atoms with Crippen molar-refractivity contribution >= 4 is 0 Å². The highest BCUT2D eigenvalue weighted by atomic mass is 19.4. The smallest absolute Gasteiger partial charge is 0.292 e. The number of benzene rings is 1. The average Bonchev–Trinajstić information content (AvgIpc) is 2.38. The minimum absolute atomic E-state index is 0.372. The second kappa shape index (κ2) is 4.87. The summed E-state index contributed by atoms with van der Waals surface area (Å²) in [6.07, 6.45) is -3.67. The van der Waals surface area contributed by atoms with Crippen LogP contribution >= 0.6 is 0 Å². The van der Waals surface area contributed by atoms with Crippen molar-refractivity contribution in [3.8, 4) is 0 Å². The Balaban J connectivity index is 2.40. The maximum atomic E-state index is 12.4. The van der Waals surface area contributed by atoms with Gasteiger partial charge in [-0.1, -0.05) is 30.3 Å². The Morgan fingerprint density at radius 1 is 1.21 bits per heavy atom. The van der Waals surface area contributed by atoms with E-state index in [1.807, 2.05) is 6.07 Å². The third-order valence-electron chi connectivity index (χ3n) is 2.83. The predicted molar refractivity (Wildman–Crippen MR) is 63.8 cm³/mol. The van der Waals surface area contributed by atoms with Crippen LogP contribution in [0.2, 0.25) is 0 Å². The Labute approximate surface area is 107 Å². The highest BCUT2D eigenvalue weighted by molar-refractivity contribution is 5.19. The Kier molecular flexibility index (Phi) is 3.42. The van der Waals surface area contributed by atoms with Gasteiger partial charge in [0.25, 0.3) is 5.56 Å². The molecule has 0 saturated heterocycles. The maximum Gasteiger partial charge on any atom is 0.433 e. The summed E-state index contributed by atoms with van der Waals surface area (Å²) in [4.78, 5) is 15.0. The molecular formula is C13H11F3N2O. The number of hydrogen-bond acceptors (Lipinski definition) is 2. The molecule has 0 radical (unpaired) electrons. The number of rotatable bonds is 2. The first kappa shape index (κ1) is 13.3. The summed E-state index contributed by atoms with van der Waals surface area (Å²) in [5.74, 6) is 0. The van der Waals surface area contributed by atoms with Crippen molar-refractivity contribution in [3.63, 3.8) is 0 Å². The van der Waals surface area contributed by atoms with E-state index in [9.17, 15) is 18.0 Å². The molecule has 0 amide bonds. The van der Waals surface area contributed by atoms with Crippen molar-refractivity contribution < 1.29 is 13.2 Å². The quantitative estimate of drug-likeness (QED) is 0.839. The van der Waals surface area contributed by atoms with Gasteiger partial charge in [0.05, 0.1) is 12.4 Å². The summed E-state index contributed by atoms with van der Waals surface area (Å²) in [7, 11) is 0. The minimum atomic E-state index is -4.60. The van der Waals surface area contributed by atoms with E-state index in [1.165, 1.54) is 4.57 Å². The highest BCUT2D eigenvalue weighted by Gasteiger charge is 2.33. The lowest BCUT2D eigenvalue weighted by Gasteiger charge is -2.15. The molecule has 2 rings (SSSR count). The normalized spacial score (nSPS) is 13.3. The van der Waals surface area contributed by atoms with Crippen molar-refractivity contribution in [2.75, 3.05) is 0 Å². The zero-order chi connectivity index (χ0) is 14.0. The molecule has 0 bridgehead atoms. The van der Waals surface area contributed by atoms with Gasteiger partial charge >= 0.3 is 6.18 Å². The Morgan fingerprint density at radius 2 is 1.84 bits per heavy atom. The summed E-state index contributed by atoms with van der Waals surface area (Å²) in [6.45, 7) is 1.73. The molecule has 1 aromatic heterocycles. The van der Waals surface area contributed by atoms with Gasteiger partial charge in [0.15, 0.2) is 5.69 Å². The molecule has 100 valence electrons. The third kappa shape index (κ3) is 2.83. The van der Waals surface area contributed by atoms with Gasteiger partial charge in [0, 0.05) is 6.07 Å². The van der Waals surface area contributed by atoms with Crippen LogP contribution < -0.4 is 5.56 Å². The van der Waals surface area contributed by atoms with E-state index in [-0.39, 0.29) is 6.04 Å². The van der Waals surface area contributed by atoms with E-state index in [1.54, 1.807) is 31.2 Å². The number of alkyl halides is 3. The fourth-order valence-electron chi connectivity index (χ4n) is 1.75. The maximum absolute atomic E-state index is 12.4. The number of aromatic nitrogens is 2. The van der Waals surface area contributed by atoms with Crippen LogP contribution in [-0.4, -0.2) is 9.55 Å². The van der Waals surface area contributed by atoms with E-state index in [0.717, 1.165) is 11.9 Å². The van der Waals surface area contributed by atoms with Gasteiger partial charge in [0.2, 0.25) is 0 Å². The highest BCUT2D eigenvalue weighted by Crippen LogP contribution is 2.26. The van der Waals surface area contributed by atoms with Crippen LogP contribution in [0.1, 0.15) is 24.2 Å². The molecule has 0 N–H and O–H groups in total. The monoisotopic (exact) mass is 268 g/mol. The largest absolute Gasteiger partial charge is 0.433 e. The fraction of sp³-hybridized carbons (Fsp3) is 0.231. The number of nitrogens with zero attached hydrogens (tertiary/aromatic N) is 2. The van der Waals surface area contributed by atoms with E-state index < -0.39 is 17.4 Å². The number of halogens is 3. The van der Waals surface area contributed by atoms with Crippen LogP contribution in [0.4, 0.5) is 13.2 Å². The van der Waals surface area contributed by atoms with Crippen molar-refractivity contribution in [1.82, 2.24) is 9.55 Å². The molecule has 0 aliphatic carbocycles. The van der Waals surface area contributed by atoms with Crippen LogP contribution in [0.3, 0.4) is 0 Å². The molecule has 1 atom stereocenters. The lowest BCUT2D eigenvalue weighted by atomic mass is 10.1. The minimum Gasteiger partial charge on any atom is -0.292 e. The first-order valence-corrected chi connectivity index (χ1v) is 5.60. The van der Waals surface area contributed by atoms with Crippen LogP contribution in [-0.2, 0) is 6.18 Å². The molecule has 6 heteroatoms. The van der Waals surface area contributed by atoms with Crippen LogP contribution in [0.5, 0.6) is 0 Å². The second-order valence-electron chi connectivity index (χ2n) is 4.10. The first-order chi connectivity index (χ1) is 8.89. The molecular weight excluding hydrogens is 257 g/mol. The van der Waals surface area contributed by atoms with Crippen molar-refractivity contribution in [2.45, 2.75) is 19.1 Å². The van der Waals surface area contributed by atoms with Gasteiger partial charge in [-0.15, -0.1) is 0 Å². The first-order valence-electron chi connectivity index (χ1n) is 5.60. The molecule has 3 nitrogen and oxygen atoms in total. The molecule has 19 heavy (non-hydrogen) atoms. The van der Waals surface area contributed by atoms with Gasteiger partial charge in [-0.25, -0.2) is 4.98 Å². The Morgan fingerprint density at radius 3 is 2.37 bits per heavy atom. The molecule has 1 unspecified atom stereocenters. The average molecular weight is 268 g/mol. The van der Waals surface area contributed by atoms with Gasteiger partial charge in [-0.2, -0.15) is 13.2 Å². The lowest BCUT2D eigenvalue weighted by Crippen LogP contribution is -2.26. The van der Waals surface area contributed by atoms with E-state index in [0.29, 0.717) is 6.07 Å². The molecule has 1 heterocycles. The van der Waals surface area contributed by atoms with Crippen LogP contribution in [0, 0.1) is 0 Å². The van der Waals surface area contributed by atoms with E-state index >= 15 is 0 Å². The van der Waals surface area contributed by atoms with Gasteiger partial charge < -0.3 is 0 Å². The second-order valence-corrected chi connectivity index (χ2v) is 4.10. The zero-order valence-electron chi connectivity index (χ0n) is 10.1. The molecule has 2 aromatic rings. The van der Waals surface area contributed by atoms with Crippen molar-refractivity contribution in [1.29, 1.82) is 0 Å². The van der Waals surface area contributed by atoms with E-state index in [2.05, 4.69) is 4.98 Å². The summed E-state index contributed by atoms with van der Waals surface area (Å²) < 4.78 is 38.4. The summed E-state index contributed by atoms with van der Waals surface area (Å²) in [6, 6.07) is 9.17. The lowest BCUT2D eigenvalue weighted by molar-refractivity contribution is -0.141. The zero-order valence-corrected chi connectivity index (χ0v) is 10.1. The van der Waals surface area contributed by atoms with Crippen molar-refractivity contribution in [2.24, 2.45) is 0 Å². The number of hydrogen-bond donors (Lipinski definition) is 0. The van der Waals surface area contributed by atoms with Crippen LogP contribution in [0.25, 0.3) is 0 Å². The molecule has 0 saturated carbocycles. The summed E-state index contributed by atoms with van der Waals surface area (Å²) in [5, 5.41) is 0. The molecule has 0 aliphatic rings. The Bertz CT molecular complexity index is 620. The van der Waals surface area contributed by atoms with E-state index in [4.69, 9.17) is 0 Å². The van der Waals surface area contributed by atoms with Gasteiger partial charge in [0.1, 0.15) is 0 Å². The standard InChI is InChI=1S/C13H11F3N2O/c1-9(10-5-3-2-4-6-10)18-8-17-11(7-12(18)19)13(14,15)16/h2-9H,1H3. The van der Waals surface area contributed by atoms with Gasteiger partial charge in [-0.05, 0) is 12.5 Å². The summed E-state index contributed by atoms with van der Waals surface area (Å²) >= 11 is 0. The SMILES string of the molecule is CC(c1ccccc1)n1cnc(C(F)(F)F)cc1=O. The van der Waals surface area contributed by atoms with Gasteiger partial charge in [-0.3, -0.25) is 9.36 Å². The fourth-order valence-corrected chi connectivity index (χ4v) is 1.75. The molecule has 1 aromatic carbocycles. The third-order valence-corrected chi connectivity index (χ3v) is 2.83. The molecule has 0 aliphatic heterocycles. The summed E-state index contributed by atoms with van der Waals surface area (Å²) in [5.41, 5.74) is -1.07. The molecule has 0 fully saturated rings. The van der Waals surface area contributed by atoms with Crippen molar-refractivity contribution in [3.05, 3.63) is 64.3 Å². The Hall–Kier alpha value is -2.11. The topological polar surface area (TPSA) is 34.9 Å².